The van der Waals surface area contributed by atoms with E-state index in [0.717, 1.165) is 44.2 Å². The van der Waals surface area contributed by atoms with Crippen molar-refractivity contribution in [2.45, 2.75) is 19.5 Å². The normalized spacial score (nSPS) is 17.5. The first kappa shape index (κ1) is 19.2. The number of fused-ring (bicyclic) bond motifs is 1. The summed E-state index contributed by atoms with van der Waals surface area (Å²) in [6.45, 7) is 6.58. The third-order valence-corrected chi connectivity index (χ3v) is 5.46. The molecule has 29 heavy (non-hydrogen) atoms. The minimum atomic E-state index is -0.210. The first-order chi connectivity index (χ1) is 14.1. The van der Waals surface area contributed by atoms with Crippen molar-refractivity contribution in [3.8, 4) is 17.6 Å². The molecule has 4 rings (SSSR count). The topological polar surface area (TPSA) is 77.8 Å². The van der Waals surface area contributed by atoms with Crippen LogP contribution >= 0.6 is 0 Å². The molecule has 2 aliphatic rings. The average Bonchev–Trinajstić information content (AvgIpc) is 3.22. The Morgan fingerprint density at radius 1 is 1.10 bits per heavy atom. The van der Waals surface area contributed by atoms with Crippen molar-refractivity contribution >= 4 is 11.6 Å². The quantitative estimate of drug-likeness (QED) is 0.842. The number of benzene rings is 2. The molecule has 2 aromatic carbocycles. The number of carbonyl (C=O) groups is 1. The third-order valence-electron chi connectivity index (χ3n) is 5.46. The molecule has 0 spiro atoms. The van der Waals surface area contributed by atoms with Gasteiger partial charge in [-0.2, -0.15) is 5.26 Å². The van der Waals surface area contributed by atoms with Crippen molar-refractivity contribution in [1.29, 1.82) is 5.26 Å². The molecule has 2 aliphatic heterocycles. The predicted octanol–water partition coefficient (Wildman–Crippen LogP) is 2.43. The Morgan fingerprint density at radius 2 is 1.83 bits per heavy atom. The second-order valence-electron chi connectivity index (χ2n) is 7.35. The zero-order valence-corrected chi connectivity index (χ0v) is 16.4. The highest BCUT2D eigenvalue weighted by Crippen LogP contribution is 2.32. The largest absolute Gasteiger partial charge is 0.454 e. The number of nitrogens with one attached hydrogen (secondary N) is 1. The summed E-state index contributed by atoms with van der Waals surface area (Å²) in [6, 6.07) is 14.9. The maximum Gasteiger partial charge on any atom is 0.241 e. The van der Waals surface area contributed by atoms with E-state index in [2.05, 4.69) is 27.3 Å². The van der Waals surface area contributed by atoms with E-state index in [-0.39, 0.29) is 11.9 Å². The number of ether oxygens (including phenoxy) is 2. The lowest BCUT2D eigenvalue weighted by atomic mass is 10.1. The fourth-order valence-corrected chi connectivity index (χ4v) is 3.65. The van der Waals surface area contributed by atoms with Crippen LogP contribution < -0.4 is 14.8 Å². The highest BCUT2D eigenvalue weighted by Gasteiger charge is 2.26. The maximum absolute atomic E-state index is 12.6. The van der Waals surface area contributed by atoms with Crippen LogP contribution in [-0.4, -0.2) is 54.7 Å². The fourth-order valence-electron chi connectivity index (χ4n) is 3.65. The average molecular weight is 392 g/mol. The van der Waals surface area contributed by atoms with Gasteiger partial charge >= 0.3 is 0 Å². The second kappa shape index (κ2) is 8.52. The van der Waals surface area contributed by atoms with Gasteiger partial charge in [0.15, 0.2) is 11.5 Å². The number of nitrogens with zero attached hydrogens (tertiary/aromatic N) is 3. The first-order valence-electron chi connectivity index (χ1n) is 9.78. The van der Waals surface area contributed by atoms with Crippen LogP contribution in [0.15, 0.2) is 42.5 Å². The highest BCUT2D eigenvalue weighted by molar-refractivity contribution is 5.94. The molecule has 150 valence electrons. The summed E-state index contributed by atoms with van der Waals surface area (Å²) in [4.78, 5) is 17.2. The van der Waals surface area contributed by atoms with Crippen molar-refractivity contribution in [3.05, 3.63) is 53.6 Å². The minimum absolute atomic E-state index is 0.0288. The van der Waals surface area contributed by atoms with Crippen LogP contribution in [0.5, 0.6) is 11.5 Å². The number of hydrogen-bond donors (Lipinski definition) is 1. The summed E-state index contributed by atoms with van der Waals surface area (Å²) in [5.41, 5.74) is 2.49. The third kappa shape index (κ3) is 4.50. The van der Waals surface area contributed by atoms with Gasteiger partial charge in [0, 0.05) is 38.4 Å². The molecule has 1 saturated heterocycles. The summed E-state index contributed by atoms with van der Waals surface area (Å²) in [5.74, 6) is 1.59. The molecule has 0 saturated carbocycles. The van der Waals surface area contributed by atoms with Crippen molar-refractivity contribution in [2.75, 3.05) is 38.3 Å². The van der Waals surface area contributed by atoms with Crippen molar-refractivity contribution in [2.24, 2.45) is 0 Å². The predicted molar refractivity (Wildman–Crippen MR) is 109 cm³/mol. The molecule has 0 bridgehead atoms. The monoisotopic (exact) mass is 392 g/mol. The van der Waals surface area contributed by atoms with E-state index in [4.69, 9.17) is 14.7 Å². The molecule has 1 amide bonds. The first-order valence-corrected chi connectivity index (χ1v) is 9.78. The second-order valence-corrected chi connectivity index (χ2v) is 7.35. The molecule has 7 nitrogen and oxygen atoms in total. The molecule has 0 unspecified atom stereocenters. The molecule has 0 aliphatic carbocycles. The standard InChI is InChI=1S/C22H24N4O3/c1-16(22(27)24-19-5-2-17(13-23)3-6-19)26-10-8-25(9-11-26)14-18-4-7-20-21(12-18)29-15-28-20/h2-7,12,16H,8-11,14-15H2,1H3,(H,24,27)/t16-/m1/s1. The molecule has 7 heteroatoms. The van der Waals surface area contributed by atoms with Crippen LogP contribution in [0.2, 0.25) is 0 Å². The van der Waals surface area contributed by atoms with E-state index in [0.29, 0.717) is 18.0 Å². The lowest BCUT2D eigenvalue weighted by Gasteiger charge is -2.37. The van der Waals surface area contributed by atoms with Gasteiger partial charge in [0.25, 0.3) is 0 Å². The van der Waals surface area contributed by atoms with Gasteiger partial charge in [-0.25, -0.2) is 0 Å². The van der Waals surface area contributed by atoms with Crippen molar-refractivity contribution in [1.82, 2.24) is 9.80 Å². The lowest BCUT2D eigenvalue weighted by molar-refractivity contribution is -0.121. The van der Waals surface area contributed by atoms with Crippen LogP contribution in [-0.2, 0) is 11.3 Å². The number of amides is 1. The van der Waals surface area contributed by atoms with E-state index >= 15 is 0 Å². The molecule has 0 radical (unpaired) electrons. The van der Waals surface area contributed by atoms with Gasteiger partial charge in [0.1, 0.15) is 0 Å². The van der Waals surface area contributed by atoms with Crippen LogP contribution in [0.25, 0.3) is 0 Å². The Labute approximate surface area is 170 Å². The number of carbonyl (C=O) groups excluding carboxylic acids is 1. The number of anilines is 1. The van der Waals surface area contributed by atoms with Crippen LogP contribution in [0, 0.1) is 11.3 Å². The molecule has 1 atom stereocenters. The van der Waals surface area contributed by atoms with Crippen LogP contribution in [0.3, 0.4) is 0 Å². The molecular formula is C22H24N4O3. The van der Waals surface area contributed by atoms with Gasteiger partial charge in [-0.1, -0.05) is 6.07 Å². The van der Waals surface area contributed by atoms with Crippen molar-refractivity contribution in [3.63, 3.8) is 0 Å². The van der Waals surface area contributed by atoms with Gasteiger partial charge in [-0.15, -0.1) is 0 Å². The van der Waals surface area contributed by atoms with Crippen molar-refractivity contribution < 1.29 is 14.3 Å². The summed E-state index contributed by atoms with van der Waals surface area (Å²) in [7, 11) is 0. The van der Waals surface area contributed by atoms with E-state index in [1.807, 2.05) is 19.1 Å². The van der Waals surface area contributed by atoms with Gasteiger partial charge in [-0.3, -0.25) is 14.6 Å². The van der Waals surface area contributed by atoms with E-state index in [1.54, 1.807) is 24.3 Å². The Bertz CT molecular complexity index is 915. The molecule has 1 fully saturated rings. The van der Waals surface area contributed by atoms with Crippen LogP contribution in [0.1, 0.15) is 18.1 Å². The number of nitriles is 1. The smallest absolute Gasteiger partial charge is 0.241 e. The number of rotatable bonds is 5. The van der Waals surface area contributed by atoms with Gasteiger partial charge < -0.3 is 14.8 Å². The Balaban J connectivity index is 1.27. The van der Waals surface area contributed by atoms with E-state index in [9.17, 15) is 4.79 Å². The fraction of sp³-hybridized carbons (Fsp3) is 0.364. The number of piperazine rings is 1. The SMILES string of the molecule is C[C@H](C(=O)Nc1ccc(C#N)cc1)N1CCN(Cc2ccc3c(c2)OCO3)CC1. The zero-order valence-electron chi connectivity index (χ0n) is 16.4. The summed E-state index contributed by atoms with van der Waals surface area (Å²) in [5, 5.41) is 11.8. The highest BCUT2D eigenvalue weighted by atomic mass is 16.7. The molecular weight excluding hydrogens is 368 g/mol. The molecule has 2 aromatic rings. The van der Waals surface area contributed by atoms with E-state index in [1.165, 1.54) is 5.56 Å². The Morgan fingerprint density at radius 3 is 2.55 bits per heavy atom. The lowest BCUT2D eigenvalue weighted by Crippen LogP contribution is -2.52. The van der Waals surface area contributed by atoms with Crippen LogP contribution in [0.4, 0.5) is 5.69 Å². The van der Waals surface area contributed by atoms with Gasteiger partial charge in [0.2, 0.25) is 12.7 Å². The Hall–Kier alpha value is -3.08. The van der Waals surface area contributed by atoms with Gasteiger partial charge in [-0.05, 0) is 48.9 Å². The Kier molecular flexibility index (Phi) is 5.65. The number of hydrogen-bond acceptors (Lipinski definition) is 6. The zero-order chi connectivity index (χ0) is 20.2. The van der Waals surface area contributed by atoms with E-state index < -0.39 is 0 Å². The summed E-state index contributed by atoms with van der Waals surface area (Å²) >= 11 is 0. The molecule has 0 aromatic heterocycles. The molecule has 2 heterocycles. The minimum Gasteiger partial charge on any atom is -0.454 e. The maximum atomic E-state index is 12.6. The molecule has 1 N–H and O–H groups in total. The summed E-state index contributed by atoms with van der Waals surface area (Å²) < 4.78 is 10.8. The van der Waals surface area contributed by atoms with Gasteiger partial charge in [0.05, 0.1) is 17.7 Å². The summed E-state index contributed by atoms with van der Waals surface area (Å²) in [6.07, 6.45) is 0.